The maximum Gasteiger partial charge on any atom is 0.189 e. The van der Waals surface area contributed by atoms with E-state index >= 15 is 0 Å². The van der Waals surface area contributed by atoms with Crippen LogP contribution in [0.3, 0.4) is 0 Å². The van der Waals surface area contributed by atoms with Gasteiger partial charge in [-0.1, -0.05) is 11.6 Å². The summed E-state index contributed by atoms with van der Waals surface area (Å²) in [5.74, 6) is -1.05. The smallest absolute Gasteiger partial charge is 0.189 e. The lowest BCUT2D eigenvalue weighted by molar-refractivity contribution is 0.231. The van der Waals surface area contributed by atoms with Gasteiger partial charge in [0.15, 0.2) is 21.4 Å². The van der Waals surface area contributed by atoms with Crippen molar-refractivity contribution in [1.82, 2.24) is 0 Å². The summed E-state index contributed by atoms with van der Waals surface area (Å²) in [6.45, 7) is 0.0187. The van der Waals surface area contributed by atoms with Crippen LogP contribution in [0.15, 0.2) is 41.3 Å². The van der Waals surface area contributed by atoms with E-state index in [1.807, 2.05) is 0 Å². The summed E-state index contributed by atoms with van der Waals surface area (Å²) in [4.78, 5) is 0.0471. The fraction of sp³-hybridized carbons (Fsp3) is 0.333. The van der Waals surface area contributed by atoms with Gasteiger partial charge in [0, 0.05) is 5.02 Å². The van der Waals surface area contributed by atoms with Gasteiger partial charge < -0.3 is 4.74 Å². The fourth-order valence-electron chi connectivity index (χ4n) is 3.82. The molecular formula is C18H15ClF2O3S2. The second-order valence-corrected chi connectivity index (χ2v) is 10.3. The highest BCUT2D eigenvalue weighted by atomic mass is 35.5. The first-order valence-corrected chi connectivity index (χ1v) is 11.0. The summed E-state index contributed by atoms with van der Waals surface area (Å²) in [6, 6.07) is 7.73. The molecule has 0 aliphatic carbocycles. The average molecular weight is 417 g/mol. The molecule has 0 N–H and O–H groups in total. The van der Waals surface area contributed by atoms with E-state index in [9.17, 15) is 17.2 Å². The van der Waals surface area contributed by atoms with Gasteiger partial charge in [-0.2, -0.15) is 11.8 Å². The van der Waals surface area contributed by atoms with Crippen LogP contribution in [-0.2, 0) is 14.6 Å². The number of hydrogen-bond donors (Lipinski definition) is 0. The van der Waals surface area contributed by atoms with E-state index in [0.717, 1.165) is 17.9 Å². The van der Waals surface area contributed by atoms with E-state index in [0.29, 0.717) is 11.4 Å². The summed E-state index contributed by atoms with van der Waals surface area (Å²) in [7, 11) is -4.02. The van der Waals surface area contributed by atoms with Crippen molar-refractivity contribution < 1.29 is 21.9 Å². The molecule has 0 bridgehead atoms. The predicted octanol–water partition coefficient (Wildman–Crippen LogP) is 4.58. The third kappa shape index (κ3) is 2.47. The Kier molecular flexibility index (Phi) is 4.44. The number of hydrogen-bond acceptors (Lipinski definition) is 4. The van der Waals surface area contributed by atoms with E-state index in [1.165, 1.54) is 36.0 Å². The SMILES string of the molecule is O=S(=O)(c1ccc(Cl)cc1)[C@@]12CCCS[C@H]1COc1c(F)ccc(F)c12. The van der Waals surface area contributed by atoms with Gasteiger partial charge >= 0.3 is 0 Å². The Balaban J connectivity index is 2.02. The van der Waals surface area contributed by atoms with Crippen LogP contribution in [0.4, 0.5) is 8.78 Å². The monoisotopic (exact) mass is 416 g/mol. The van der Waals surface area contributed by atoms with E-state index in [-0.39, 0.29) is 29.2 Å². The third-order valence-electron chi connectivity index (χ3n) is 5.00. The Morgan fingerprint density at radius 3 is 2.54 bits per heavy atom. The molecule has 2 heterocycles. The Morgan fingerprint density at radius 2 is 1.81 bits per heavy atom. The quantitative estimate of drug-likeness (QED) is 0.719. The molecule has 0 amide bonds. The van der Waals surface area contributed by atoms with Gasteiger partial charge in [0.25, 0.3) is 0 Å². The molecule has 2 atom stereocenters. The zero-order valence-corrected chi connectivity index (χ0v) is 15.9. The third-order valence-corrected chi connectivity index (χ3v) is 9.41. The molecule has 2 aromatic rings. The topological polar surface area (TPSA) is 43.4 Å². The van der Waals surface area contributed by atoms with Gasteiger partial charge in [-0.25, -0.2) is 17.2 Å². The van der Waals surface area contributed by atoms with Crippen LogP contribution in [0.1, 0.15) is 18.4 Å². The molecule has 0 aromatic heterocycles. The first-order valence-electron chi connectivity index (χ1n) is 8.11. The highest BCUT2D eigenvalue weighted by Crippen LogP contribution is 2.55. The van der Waals surface area contributed by atoms with Gasteiger partial charge in [0.05, 0.1) is 15.7 Å². The Hall–Kier alpha value is -1.31. The Morgan fingerprint density at radius 1 is 1.12 bits per heavy atom. The van der Waals surface area contributed by atoms with Crippen LogP contribution < -0.4 is 4.74 Å². The minimum Gasteiger partial charge on any atom is -0.489 e. The molecule has 1 fully saturated rings. The lowest BCUT2D eigenvalue weighted by atomic mass is 9.86. The molecular weight excluding hydrogens is 402 g/mol. The molecule has 0 spiro atoms. The van der Waals surface area contributed by atoms with E-state index in [1.54, 1.807) is 0 Å². The van der Waals surface area contributed by atoms with Crippen molar-refractivity contribution >= 4 is 33.2 Å². The molecule has 4 rings (SSSR count). The zero-order valence-electron chi connectivity index (χ0n) is 13.5. The van der Waals surface area contributed by atoms with Crippen molar-refractivity contribution in [2.75, 3.05) is 12.4 Å². The van der Waals surface area contributed by atoms with Gasteiger partial charge in [-0.05, 0) is 55.0 Å². The highest BCUT2D eigenvalue weighted by Gasteiger charge is 2.58. The molecule has 3 nitrogen and oxygen atoms in total. The number of rotatable bonds is 2. The van der Waals surface area contributed by atoms with Crippen LogP contribution in [-0.4, -0.2) is 26.0 Å². The van der Waals surface area contributed by atoms with Crippen molar-refractivity contribution in [2.45, 2.75) is 27.7 Å². The van der Waals surface area contributed by atoms with E-state index < -0.39 is 31.5 Å². The second-order valence-electron chi connectivity index (χ2n) is 6.35. The van der Waals surface area contributed by atoms with Gasteiger partial charge in [-0.3, -0.25) is 0 Å². The summed E-state index contributed by atoms with van der Waals surface area (Å²) in [6.07, 6.45) is 0.801. The Labute approximate surface area is 159 Å². The number of sulfone groups is 1. The minimum atomic E-state index is -4.02. The maximum absolute atomic E-state index is 14.8. The Bertz CT molecular complexity index is 963. The lowest BCUT2D eigenvalue weighted by Crippen LogP contribution is -2.53. The molecule has 0 unspecified atom stereocenters. The molecule has 26 heavy (non-hydrogen) atoms. The summed E-state index contributed by atoms with van der Waals surface area (Å²) >= 11 is 7.31. The molecule has 2 aliphatic heterocycles. The van der Waals surface area contributed by atoms with Crippen molar-refractivity contribution in [2.24, 2.45) is 0 Å². The maximum atomic E-state index is 14.8. The minimum absolute atomic E-state index is 0.0187. The number of ether oxygens (including phenoxy) is 1. The number of benzene rings is 2. The van der Waals surface area contributed by atoms with Crippen LogP contribution in [0.25, 0.3) is 0 Å². The van der Waals surface area contributed by atoms with Gasteiger partial charge in [0.2, 0.25) is 0 Å². The molecule has 8 heteroatoms. The molecule has 0 radical (unpaired) electrons. The first kappa shape index (κ1) is 18.1. The van der Waals surface area contributed by atoms with E-state index in [2.05, 4.69) is 0 Å². The van der Waals surface area contributed by atoms with Crippen molar-refractivity contribution in [3.8, 4) is 5.75 Å². The van der Waals surface area contributed by atoms with Crippen LogP contribution >= 0.6 is 23.4 Å². The normalized spacial score (nSPS) is 25.1. The molecule has 138 valence electrons. The summed E-state index contributed by atoms with van der Waals surface area (Å²) in [5.41, 5.74) is -0.184. The van der Waals surface area contributed by atoms with Crippen LogP contribution in [0.5, 0.6) is 5.75 Å². The van der Waals surface area contributed by atoms with Crippen LogP contribution in [0, 0.1) is 11.6 Å². The molecule has 2 aromatic carbocycles. The number of thioether (sulfide) groups is 1. The molecule has 2 aliphatic rings. The summed E-state index contributed by atoms with van der Waals surface area (Å²) < 4.78 is 60.4. The predicted molar refractivity (Wildman–Crippen MR) is 97.6 cm³/mol. The lowest BCUT2D eigenvalue weighted by Gasteiger charge is -2.46. The fourth-order valence-corrected chi connectivity index (χ4v) is 7.99. The van der Waals surface area contributed by atoms with Gasteiger partial charge in [-0.15, -0.1) is 0 Å². The molecule has 0 saturated carbocycles. The zero-order chi connectivity index (χ0) is 18.5. The van der Waals surface area contributed by atoms with E-state index in [4.69, 9.17) is 16.3 Å². The van der Waals surface area contributed by atoms with Crippen molar-refractivity contribution in [3.05, 3.63) is 58.6 Å². The standard InChI is InChI=1S/C18H15ClF2O3S2/c19-11-2-4-12(5-3-11)26(22,23)18-8-1-9-25-15(18)10-24-17-14(21)7-6-13(20)16(17)18/h2-7,15H,1,8-10H2/t15-,18-/m0/s1. The van der Waals surface area contributed by atoms with Crippen LogP contribution in [0.2, 0.25) is 5.02 Å². The van der Waals surface area contributed by atoms with Crippen molar-refractivity contribution in [1.29, 1.82) is 0 Å². The van der Waals surface area contributed by atoms with Gasteiger partial charge in [0.1, 0.15) is 17.2 Å². The number of halogens is 3. The number of fused-ring (bicyclic) bond motifs is 3. The average Bonchev–Trinajstić information content (AvgIpc) is 2.64. The second kappa shape index (κ2) is 6.39. The largest absolute Gasteiger partial charge is 0.489 e. The first-order chi connectivity index (χ1) is 12.4. The highest BCUT2D eigenvalue weighted by molar-refractivity contribution is 8.01. The van der Waals surface area contributed by atoms with Crippen molar-refractivity contribution in [3.63, 3.8) is 0 Å². The summed E-state index contributed by atoms with van der Waals surface area (Å²) in [5, 5.41) is -0.110. The molecule has 1 saturated heterocycles.